The van der Waals surface area contributed by atoms with Crippen LogP contribution in [0.4, 0.5) is 11.4 Å². The number of hydrogen-bond acceptors (Lipinski definition) is 7. The molecule has 0 unspecified atom stereocenters. The molecular formula is C22H22N4O6S. The normalized spacial score (nSPS) is 18.3. The van der Waals surface area contributed by atoms with Gasteiger partial charge in [-0.05, 0) is 53.1 Å². The van der Waals surface area contributed by atoms with E-state index in [1.54, 1.807) is 24.3 Å². The lowest BCUT2D eigenvalue weighted by molar-refractivity contribution is -0.384. The molecule has 0 radical (unpaired) electrons. The number of sulfonamides is 1. The largest absolute Gasteiger partial charge is 0.497 e. The van der Waals surface area contributed by atoms with Crippen molar-refractivity contribution in [1.82, 2.24) is 10.0 Å². The van der Waals surface area contributed by atoms with Gasteiger partial charge in [-0.1, -0.05) is 18.2 Å². The maximum atomic E-state index is 13.3. The smallest absolute Gasteiger partial charge is 0.292 e. The predicted octanol–water partition coefficient (Wildman–Crippen LogP) is 2.12. The number of carbonyl (C=O) groups is 1. The minimum Gasteiger partial charge on any atom is -0.497 e. The van der Waals surface area contributed by atoms with E-state index in [0.29, 0.717) is 16.7 Å². The molecule has 1 aliphatic rings. The molecule has 0 aliphatic carbocycles. The molecule has 1 fully saturated rings. The van der Waals surface area contributed by atoms with Crippen LogP contribution >= 0.6 is 0 Å². The Morgan fingerprint density at radius 3 is 2.58 bits per heavy atom. The van der Waals surface area contributed by atoms with Crippen LogP contribution in [0.5, 0.6) is 5.75 Å². The van der Waals surface area contributed by atoms with Crippen LogP contribution in [-0.2, 0) is 21.2 Å². The fourth-order valence-corrected chi connectivity index (χ4v) is 5.42. The molecule has 0 saturated carbocycles. The first-order valence-electron chi connectivity index (χ1n) is 10.1. The van der Waals surface area contributed by atoms with Gasteiger partial charge in [0.2, 0.25) is 15.9 Å². The fourth-order valence-electron chi connectivity index (χ4n) is 3.99. The maximum Gasteiger partial charge on any atom is 0.292 e. The van der Waals surface area contributed by atoms with Gasteiger partial charge in [0.15, 0.2) is 0 Å². The van der Waals surface area contributed by atoms with Crippen LogP contribution in [0.25, 0.3) is 10.8 Å². The third kappa shape index (κ3) is 4.32. The van der Waals surface area contributed by atoms with Crippen LogP contribution in [0.2, 0.25) is 0 Å². The molecule has 10 nitrogen and oxygen atoms in total. The van der Waals surface area contributed by atoms with Gasteiger partial charge < -0.3 is 15.8 Å². The molecule has 4 rings (SSSR count). The number of fused-ring (bicyclic) bond motifs is 1. The van der Waals surface area contributed by atoms with Crippen LogP contribution in [0.1, 0.15) is 12.0 Å². The molecule has 4 N–H and O–H groups in total. The number of nitrogen functional groups attached to an aromatic ring is 1. The zero-order chi connectivity index (χ0) is 23.8. The van der Waals surface area contributed by atoms with E-state index in [2.05, 4.69) is 10.0 Å². The van der Waals surface area contributed by atoms with Crippen molar-refractivity contribution in [3.8, 4) is 5.75 Å². The predicted molar refractivity (Wildman–Crippen MR) is 122 cm³/mol. The van der Waals surface area contributed by atoms with Gasteiger partial charge in [0.1, 0.15) is 17.0 Å². The number of nitrogens with two attached hydrogens (primary N) is 1. The van der Waals surface area contributed by atoms with E-state index in [4.69, 9.17) is 10.5 Å². The number of nitrogens with one attached hydrogen (secondary N) is 2. The summed E-state index contributed by atoms with van der Waals surface area (Å²) in [5.41, 5.74) is 4.27. The topological polar surface area (TPSA) is 154 Å². The minimum absolute atomic E-state index is 0.00869. The van der Waals surface area contributed by atoms with Crippen LogP contribution in [0.3, 0.4) is 0 Å². The second-order valence-electron chi connectivity index (χ2n) is 7.90. The maximum absolute atomic E-state index is 13.3. The third-order valence-electron chi connectivity index (χ3n) is 5.73. The fraction of sp³-hybridized carbons (Fsp3) is 0.227. The molecule has 0 bridgehead atoms. The molecule has 3 aromatic rings. The van der Waals surface area contributed by atoms with E-state index >= 15 is 0 Å². The van der Waals surface area contributed by atoms with E-state index < -0.39 is 26.4 Å². The van der Waals surface area contributed by atoms with Gasteiger partial charge in [0, 0.05) is 19.0 Å². The summed E-state index contributed by atoms with van der Waals surface area (Å²) in [5, 5.41) is 15.4. The van der Waals surface area contributed by atoms with E-state index in [1.165, 1.54) is 31.4 Å². The molecule has 0 aromatic heterocycles. The summed E-state index contributed by atoms with van der Waals surface area (Å²) in [7, 11) is -2.59. The SMILES string of the molecule is COc1ccc2ccc(S(=O)(=O)N[C@@]3(Cc4ccc(N)c([N+](=O)[O-])c4)CCNC3=O)cc2c1. The average Bonchev–Trinajstić information content (AvgIpc) is 3.12. The Balaban J connectivity index is 1.70. The van der Waals surface area contributed by atoms with Crippen molar-refractivity contribution in [2.24, 2.45) is 0 Å². The van der Waals surface area contributed by atoms with Crippen molar-refractivity contribution in [1.29, 1.82) is 0 Å². The third-order valence-corrected chi connectivity index (χ3v) is 7.26. The highest BCUT2D eigenvalue weighted by Gasteiger charge is 2.46. The Hall–Kier alpha value is -3.70. The van der Waals surface area contributed by atoms with Gasteiger partial charge >= 0.3 is 0 Å². The molecule has 1 atom stereocenters. The summed E-state index contributed by atoms with van der Waals surface area (Å²) in [6.45, 7) is 0.271. The molecule has 0 spiro atoms. The zero-order valence-electron chi connectivity index (χ0n) is 17.7. The average molecular weight is 471 g/mol. The van der Waals surface area contributed by atoms with E-state index in [0.717, 1.165) is 5.39 Å². The summed E-state index contributed by atoms with van der Waals surface area (Å²) in [4.78, 5) is 23.4. The molecule has 1 amide bonds. The van der Waals surface area contributed by atoms with Crippen LogP contribution in [0, 0.1) is 10.1 Å². The highest BCUT2D eigenvalue weighted by atomic mass is 32.2. The summed E-state index contributed by atoms with van der Waals surface area (Å²) in [6.07, 6.45) is 0.116. The minimum atomic E-state index is -4.11. The molecule has 11 heteroatoms. The molecule has 1 saturated heterocycles. The lowest BCUT2D eigenvalue weighted by Crippen LogP contribution is -2.55. The summed E-state index contributed by atoms with van der Waals surface area (Å²) in [5.74, 6) is 0.0922. The first-order valence-corrected chi connectivity index (χ1v) is 11.5. The van der Waals surface area contributed by atoms with Crippen molar-refractivity contribution in [3.63, 3.8) is 0 Å². The van der Waals surface area contributed by atoms with Crippen molar-refractivity contribution >= 4 is 38.1 Å². The van der Waals surface area contributed by atoms with E-state index in [-0.39, 0.29) is 35.7 Å². The Labute approximate surface area is 189 Å². The number of ether oxygens (including phenoxy) is 1. The number of amides is 1. The van der Waals surface area contributed by atoms with Gasteiger partial charge in [-0.2, -0.15) is 4.72 Å². The number of nitrogens with zero attached hydrogens (tertiary/aromatic N) is 1. The molecule has 3 aromatic carbocycles. The molecule has 33 heavy (non-hydrogen) atoms. The Morgan fingerprint density at radius 2 is 1.91 bits per heavy atom. The number of anilines is 1. The number of nitro groups is 1. The number of benzene rings is 3. The number of methoxy groups -OCH3 is 1. The van der Waals surface area contributed by atoms with Crippen molar-refractivity contribution in [2.45, 2.75) is 23.3 Å². The molecule has 1 aliphatic heterocycles. The highest BCUT2D eigenvalue weighted by molar-refractivity contribution is 7.89. The van der Waals surface area contributed by atoms with Gasteiger partial charge in [-0.15, -0.1) is 0 Å². The van der Waals surface area contributed by atoms with Gasteiger partial charge in [-0.3, -0.25) is 14.9 Å². The first-order chi connectivity index (χ1) is 15.6. The number of nitro benzene ring substituents is 1. The number of carbonyl (C=O) groups excluding carboxylic acids is 1. The van der Waals surface area contributed by atoms with Crippen LogP contribution in [-0.4, -0.2) is 38.4 Å². The lowest BCUT2D eigenvalue weighted by Gasteiger charge is -2.27. The summed E-state index contributed by atoms with van der Waals surface area (Å²) in [6, 6.07) is 14.1. The van der Waals surface area contributed by atoms with E-state index in [9.17, 15) is 23.3 Å². The first kappa shape index (κ1) is 22.5. The molecular weight excluding hydrogens is 448 g/mol. The Bertz CT molecular complexity index is 1370. The van der Waals surface area contributed by atoms with Crippen LogP contribution in [0.15, 0.2) is 59.5 Å². The van der Waals surface area contributed by atoms with Crippen molar-refractivity contribution in [3.05, 3.63) is 70.3 Å². The van der Waals surface area contributed by atoms with Crippen molar-refractivity contribution in [2.75, 3.05) is 19.4 Å². The lowest BCUT2D eigenvalue weighted by atomic mass is 9.90. The van der Waals surface area contributed by atoms with Gasteiger partial charge in [0.05, 0.1) is 16.9 Å². The van der Waals surface area contributed by atoms with Crippen molar-refractivity contribution < 1.29 is 22.9 Å². The Morgan fingerprint density at radius 1 is 1.15 bits per heavy atom. The number of rotatable bonds is 7. The van der Waals surface area contributed by atoms with Gasteiger partial charge in [0.25, 0.3) is 5.69 Å². The quantitative estimate of drug-likeness (QED) is 0.271. The molecule has 1 heterocycles. The van der Waals surface area contributed by atoms with E-state index in [1.807, 2.05) is 6.07 Å². The standard InChI is InChI=1S/C22H22N4O6S/c1-32-17-5-3-15-4-6-18(12-16(15)11-17)33(30,31)25-22(8-9-24-21(22)27)13-14-2-7-19(23)20(10-14)26(28)29/h2-7,10-12,25H,8-9,13,23H2,1H3,(H,24,27)/t22-/m1/s1. The molecule has 172 valence electrons. The highest BCUT2D eigenvalue weighted by Crippen LogP contribution is 2.30. The van der Waals surface area contributed by atoms with Crippen LogP contribution < -0.4 is 20.5 Å². The Kier molecular flexibility index (Phi) is 5.68. The van der Waals surface area contributed by atoms with Gasteiger partial charge in [-0.25, -0.2) is 8.42 Å². The second-order valence-corrected chi connectivity index (χ2v) is 9.58. The number of hydrogen-bond donors (Lipinski definition) is 3. The summed E-state index contributed by atoms with van der Waals surface area (Å²) >= 11 is 0. The second kappa shape index (κ2) is 8.34. The zero-order valence-corrected chi connectivity index (χ0v) is 18.5. The monoisotopic (exact) mass is 470 g/mol. The summed E-state index contributed by atoms with van der Waals surface area (Å²) < 4.78 is 34.4.